The number of carbonyl (C=O) groups excluding carboxylic acids is 2. The van der Waals surface area contributed by atoms with E-state index in [9.17, 15) is 24.2 Å². The molecule has 2 atom stereocenters. The van der Waals surface area contributed by atoms with E-state index in [-0.39, 0.29) is 32.1 Å². The highest BCUT2D eigenvalue weighted by Crippen LogP contribution is 2.42. The fraction of sp³-hybridized carbons (Fsp3) is 0.796. The molecule has 2 unspecified atom stereocenters. The summed E-state index contributed by atoms with van der Waals surface area (Å²) in [6.45, 7) is 3.42. The molecule has 0 radical (unpaired) electrons. The largest absolute Gasteiger partial charge is 0.472 e. The lowest BCUT2D eigenvalue weighted by molar-refractivity contribution is -0.147. The molecule has 10 heteroatoms. The summed E-state index contributed by atoms with van der Waals surface area (Å²) in [5, 5.41) is 12.7. The summed E-state index contributed by atoms with van der Waals surface area (Å²) in [7, 11) is -4.43. The molecule has 0 aromatic heterocycles. The molecule has 0 heterocycles. The van der Waals surface area contributed by atoms with Crippen molar-refractivity contribution < 1.29 is 37.9 Å². The van der Waals surface area contributed by atoms with Crippen molar-refractivity contribution >= 4 is 19.7 Å². The number of esters is 1. The highest BCUT2D eigenvalue weighted by Gasteiger charge is 2.23. The van der Waals surface area contributed by atoms with Gasteiger partial charge >= 0.3 is 13.8 Å². The van der Waals surface area contributed by atoms with Gasteiger partial charge in [0.25, 0.3) is 0 Å². The van der Waals surface area contributed by atoms with Gasteiger partial charge in [0.15, 0.2) is 0 Å². The Morgan fingerprint density at radius 1 is 0.542 bits per heavy atom. The van der Waals surface area contributed by atoms with Gasteiger partial charge in [-0.2, -0.15) is 0 Å². The molecule has 1 amide bonds. The van der Waals surface area contributed by atoms with Gasteiger partial charge in [-0.05, 0) is 51.4 Å². The normalized spacial score (nSPS) is 13.6. The van der Waals surface area contributed by atoms with Crippen LogP contribution in [0.15, 0.2) is 48.6 Å². The number of unbranched alkanes of at least 4 members (excludes halogenated alkanes) is 24. The second-order valence-corrected chi connectivity index (χ2v) is 17.5. The fourth-order valence-corrected chi connectivity index (χ4v) is 7.42. The van der Waals surface area contributed by atoms with Gasteiger partial charge in [-0.3, -0.25) is 18.6 Å². The summed E-state index contributed by atoms with van der Waals surface area (Å²) in [5.41, 5.74) is 0. The Balaban J connectivity index is 3.57. The maximum atomic E-state index is 12.1. The number of phosphoric ester groups is 1. The van der Waals surface area contributed by atoms with Crippen molar-refractivity contribution in [3.63, 3.8) is 0 Å². The van der Waals surface area contributed by atoms with Gasteiger partial charge in [0, 0.05) is 19.4 Å². The maximum absolute atomic E-state index is 12.1. The van der Waals surface area contributed by atoms with Gasteiger partial charge in [0.05, 0.1) is 13.2 Å². The lowest BCUT2D eigenvalue weighted by Crippen LogP contribution is -2.27. The quantitative estimate of drug-likeness (QED) is 0.0239. The number of allylic oxidation sites excluding steroid dienone is 8. The third kappa shape index (κ3) is 46.9. The zero-order valence-corrected chi connectivity index (χ0v) is 38.8. The second-order valence-electron chi connectivity index (χ2n) is 16.1. The van der Waals surface area contributed by atoms with E-state index in [0.717, 1.165) is 57.8 Å². The molecule has 0 fully saturated rings. The van der Waals surface area contributed by atoms with Crippen LogP contribution in [0.3, 0.4) is 0 Å². The minimum Gasteiger partial charge on any atom is -0.463 e. The molecule has 0 bridgehead atoms. The van der Waals surface area contributed by atoms with E-state index in [0.29, 0.717) is 12.8 Å². The first-order valence-electron chi connectivity index (χ1n) is 24.1. The van der Waals surface area contributed by atoms with E-state index in [1.54, 1.807) is 0 Å². The first-order valence-corrected chi connectivity index (χ1v) is 25.6. The lowest BCUT2D eigenvalue weighted by Gasteiger charge is -2.15. The number of aliphatic hydroxyl groups is 1. The molecular weight excluding hydrogens is 762 g/mol. The lowest BCUT2D eigenvalue weighted by atomic mass is 10.0. The van der Waals surface area contributed by atoms with Crippen molar-refractivity contribution in [3.05, 3.63) is 48.6 Å². The highest BCUT2D eigenvalue weighted by molar-refractivity contribution is 7.47. The van der Waals surface area contributed by atoms with Gasteiger partial charge < -0.3 is 20.1 Å². The summed E-state index contributed by atoms with van der Waals surface area (Å²) in [6, 6.07) is 0. The molecule has 0 aliphatic heterocycles. The van der Waals surface area contributed by atoms with Crippen LogP contribution in [0.1, 0.15) is 219 Å². The summed E-state index contributed by atoms with van der Waals surface area (Å²) in [6.07, 6.45) is 53.5. The van der Waals surface area contributed by atoms with Crippen LogP contribution < -0.4 is 5.32 Å². The molecule has 0 spiro atoms. The molecule has 0 aromatic carbocycles. The van der Waals surface area contributed by atoms with Crippen LogP contribution in [0.2, 0.25) is 0 Å². The molecule has 0 aliphatic carbocycles. The van der Waals surface area contributed by atoms with Gasteiger partial charge in [-0.25, -0.2) is 4.57 Å². The summed E-state index contributed by atoms with van der Waals surface area (Å²) in [4.78, 5) is 34.0. The Bertz CT molecular complexity index is 1110. The van der Waals surface area contributed by atoms with Crippen molar-refractivity contribution in [3.8, 4) is 0 Å². The third-order valence-electron chi connectivity index (χ3n) is 10.3. The number of amides is 1. The average molecular weight is 852 g/mol. The van der Waals surface area contributed by atoms with Crippen LogP contribution in [-0.4, -0.2) is 54.3 Å². The standard InChI is InChI=1S/C49H90NO8P/c1-3-5-7-9-11-13-15-17-19-20-21-22-23-24-25-26-28-29-31-33-35-37-39-41-48(52)50-43-44-57-59(54,55)58-46-47(51)45-56-49(53)42-40-38-36-34-32-30-27-18-16-14-12-10-8-6-4-2/h6,8,12,14,18,27,32,34,47,51H,3-5,7,9-11,13,15-17,19-26,28-31,33,35-46H2,1-2H3,(H,50,52)(H,54,55)/b8-6-,14-12-,27-18-,34-32-. The summed E-state index contributed by atoms with van der Waals surface area (Å²) < 4.78 is 26.9. The minimum absolute atomic E-state index is 0.0779. The Kier molecular flexibility index (Phi) is 43.9. The zero-order valence-electron chi connectivity index (χ0n) is 37.9. The molecular formula is C49H90NO8P. The number of phosphoric acid groups is 1. The van der Waals surface area contributed by atoms with Crippen molar-refractivity contribution in [2.24, 2.45) is 0 Å². The minimum atomic E-state index is -4.43. The Hall–Kier alpha value is -2.03. The van der Waals surface area contributed by atoms with Crippen molar-refractivity contribution in [2.45, 2.75) is 225 Å². The van der Waals surface area contributed by atoms with E-state index in [1.165, 1.54) is 128 Å². The number of carbonyl (C=O) groups is 2. The molecule has 0 aromatic rings. The number of hydrogen-bond acceptors (Lipinski definition) is 7. The van der Waals surface area contributed by atoms with Crippen LogP contribution in [0.25, 0.3) is 0 Å². The molecule has 0 aliphatic rings. The number of ether oxygens (including phenoxy) is 1. The molecule has 3 N–H and O–H groups in total. The van der Waals surface area contributed by atoms with Crippen molar-refractivity contribution in [2.75, 3.05) is 26.4 Å². The van der Waals surface area contributed by atoms with Crippen LogP contribution in [0, 0.1) is 0 Å². The number of rotatable bonds is 45. The third-order valence-corrected chi connectivity index (χ3v) is 11.3. The van der Waals surface area contributed by atoms with E-state index in [2.05, 4.69) is 67.8 Å². The average Bonchev–Trinajstić information content (AvgIpc) is 3.22. The van der Waals surface area contributed by atoms with Crippen LogP contribution in [0.4, 0.5) is 0 Å². The zero-order chi connectivity index (χ0) is 43.2. The Morgan fingerprint density at radius 3 is 1.44 bits per heavy atom. The number of hydrogen-bond donors (Lipinski definition) is 3. The van der Waals surface area contributed by atoms with E-state index in [1.807, 2.05) is 0 Å². The predicted octanol–water partition coefficient (Wildman–Crippen LogP) is 13.9. The van der Waals surface area contributed by atoms with Crippen LogP contribution >= 0.6 is 7.82 Å². The summed E-state index contributed by atoms with van der Waals surface area (Å²) in [5.74, 6) is -0.554. The monoisotopic (exact) mass is 852 g/mol. The SMILES string of the molecule is CC/C=C\C/C=C\C/C=C\C/C=C\CCCCC(=O)OCC(O)COP(=O)(O)OCCNC(=O)CCCCCCCCCCCCCCCCCCCCCCCCC. The van der Waals surface area contributed by atoms with Crippen LogP contribution in [-0.2, 0) is 27.9 Å². The first kappa shape index (κ1) is 57.0. The molecule has 59 heavy (non-hydrogen) atoms. The van der Waals surface area contributed by atoms with Gasteiger partial charge in [-0.1, -0.05) is 204 Å². The maximum Gasteiger partial charge on any atom is 0.472 e. The number of aliphatic hydroxyl groups excluding tert-OH is 1. The fourth-order valence-electron chi connectivity index (χ4n) is 6.67. The predicted molar refractivity (Wildman–Crippen MR) is 247 cm³/mol. The van der Waals surface area contributed by atoms with E-state index >= 15 is 0 Å². The molecule has 0 rings (SSSR count). The van der Waals surface area contributed by atoms with Gasteiger partial charge in [0.2, 0.25) is 5.91 Å². The highest BCUT2D eigenvalue weighted by atomic mass is 31.2. The van der Waals surface area contributed by atoms with Gasteiger partial charge in [-0.15, -0.1) is 0 Å². The van der Waals surface area contributed by atoms with E-state index in [4.69, 9.17) is 13.8 Å². The van der Waals surface area contributed by atoms with Crippen molar-refractivity contribution in [1.29, 1.82) is 0 Å². The molecule has 0 saturated heterocycles. The van der Waals surface area contributed by atoms with Gasteiger partial charge in [0.1, 0.15) is 12.7 Å². The first-order chi connectivity index (χ1) is 28.8. The second kappa shape index (κ2) is 45.5. The number of nitrogens with one attached hydrogen (secondary N) is 1. The molecule has 9 nitrogen and oxygen atoms in total. The topological polar surface area (TPSA) is 131 Å². The molecule has 344 valence electrons. The Labute approximate surface area is 362 Å². The Morgan fingerprint density at radius 2 is 0.966 bits per heavy atom. The summed E-state index contributed by atoms with van der Waals surface area (Å²) >= 11 is 0. The van der Waals surface area contributed by atoms with Crippen molar-refractivity contribution in [1.82, 2.24) is 5.32 Å². The van der Waals surface area contributed by atoms with E-state index < -0.39 is 26.5 Å². The van der Waals surface area contributed by atoms with Crippen LogP contribution in [0.5, 0.6) is 0 Å². The smallest absolute Gasteiger partial charge is 0.463 e. The molecule has 0 saturated carbocycles.